The highest BCUT2D eigenvalue weighted by molar-refractivity contribution is 5.07. The smallest absolute Gasteiger partial charge is 0.102 e. The van der Waals surface area contributed by atoms with E-state index in [4.69, 9.17) is 0 Å². The number of hydrogen-bond acceptors (Lipinski definition) is 2. The van der Waals surface area contributed by atoms with E-state index in [0.717, 1.165) is 13.1 Å². The Balaban J connectivity index is 1.75. The van der Waals surface area contributed by atoms with Crippen LogP contribution >= 0.6 is 0 Å². The van der Waals surface area contributed by atoms with Gasteiger partial charge in [0.2, 0.25) is 0 Å². The minimum atomic E-state index is -0.183. The van der Waals surface area contributed by atoms with E-state index in [-0.39, 0.29) is 12.2 Å². The highest BCUT2D eigenvalue weighted by Gasteiger charge is 2.48. The lowest BCUT2D eigenvalue weighted by Gasteiger charge is -2.55. The van der Waals surface area contributed by atoms with Crippen LogP contribution in [-0.2, 0) is 0 Å². The van der Waals surface area contributed by atoms with E-state index in [9.17, 15) is 4.39 Å². The van der Waals surface area contributed by atoms with Crippen molar-refractivity contribution in [2.45, 2.75) is 68.9 Å². The van der Waals surface area contributed by atoms with Crippen LogP contribution in [0.5, 0.6) is 0 Å². The molecule has 2 aliphatic carbocycles. The van der Waals surface area contributed by atoms with Crippen LogP contribution < -0.4 is 5.32 Å². The van der Waals surface area contributed by atoms with Crippen molar-refractivity contribution in [3.05, 3.63) is 0 Å². The highest BCUT2D eigenvalue weighted by atomic mass is 19.1. The van der Waals surface area contributed by atoms with Gasteiger partial charge in [-0.15, -0.1) is 0 Å². The number of alkyl halides is 1. The van der Waals surface area contributed by atoms with Crippen LogP contribution in [0.15, 0.2) is 0 Å². The fraction of sp³-hybridized carbons (Fsp3) is 1.00. The number of halogens is 1. The van der Waals surface area contributed by atoms with E-state index in [1.54, 1.807) is 0 Å². The van der Waals surface area contributed by atoms with E-state index in [0.29, 0.717) is 12.1 Å². The molecule has 2 saturated carbocycles. The predicted octanol–water partition coefficient (Wildman–Crippen LogP) is 2.88. The molecule has 1 aliphatic heterocycles. The summed E-state index contributed by atoms with van der Waals surface area (Å²) in [5, 5.41) is 3.88. The monoisotopic (exact) mass is 254 g/mol. The molecule has 0 radical (unpaired) electrons. The zero-order valence-electron chi connectivity index (χ0n) is 11.5. The number of rotatable bonds is 2. The van der Waals surface area contributed by atoms with Gasteiger partial charge in [0.25, 0.3) is 0 Å². The van der Waals surface area contributed by atoms with Crippen LogP contribution in [0.25, 0.3) is 0 Å². The molecular formula is C15H27FN2. The molecular weight excluding hydrogens is 227 g/mol. The van der Waals surface area contributed by atoms with Gasteiger partial charge in [0.1, 0.15) is 6.67 Å². The Morgan fingerprint density at radius 1 is 0.944 bits per heavy atom. The predicted molar refractivity (Wildman–Crippen MR) is 72.6 cm³/mol. The molecule has 1 heterocycles. The summed E-state index contributed by atoms with van der Waals surface area (Å²) >= 11 is 0. The van der Waals surface area contributed by atoms with Crippen molar-refractivity contribution in [2.75, 3.05) is 26.3 Å². The molecule has 3 rings (SSSR count). The summed E-state index contributed by atoms with van der Waals surface area (Å²) in [5.41, 5.74) is 0.621. The molecule has 1 N–H and O–H groups in total. The normalized spacial score (nSPS) is 31.2. The quantitative estimate of drug-likeness (QED) is 0.815. The van der Waals surface area contributed by atoms with Gasteiger partial charge in [-0.05, 0) is 25.7 Å². The van der Waals surface area contributed by atoms with Gasteiger partial charge in [0.15, 0.2) is 0 Å². The molecule has 0 atom stereocenters. The average molecular weight is 254 g/mol. The maximum absolute atomic E-state index is 12.9. The van der Waals surface area contributed by atoms with E-state index >= 15 is 0 Å². The average Bonchev–Trinajstić information content (AvgIpc) is 2.85. The van der Waals surface area contributed by atoms with Gasteiger partial charge in [-0.3, -0.25) is 4.90 Å². The lowest BCUT2D eigenvalue weighted by atomic mass is 9.76. The van der Waals surface area contributed by atoms with Crippen LogP contribution in [0.1, 0.15) is 57.8 Å². The Hall–Kier alpha value is -0.150. The first-order valence-electron chi connectivity index (χ1n) is 7.85. The minimum Gasteiger partial charge on any atom is -0.308 e. The summed E-state index contributed by atoms with van der Waals surface area (Å²) in [6.45, 7) is 2.67. The molecule has 2 spiro atoms. The summed E-state index contributed by atoms with van der Waals surface area (Å²) in [5.74, 6) is 0. The molecule has 3 aliphatic rings. The third-order valence-electron chi connectivity index (χ3n) is 5.66. The number of nitrogens with one attached hydrogen (secondary N) is 1. The van der Waals surface area contributed by atoms with Crippen molar-refractivity contribution >= 4 is 0 Å². The van der Waals surface area contributed by atoms with Gasteiger partial charge >= 0.3 is 0 Å². The van der Waals surface area contributed by atoms with Gasteiger partial charge in [-0.1, -0.05) is 32.1 Å². The molecule has 104 valence electrons. The second kappa shape index (κ2) is 5.09. The van der Waals surface area contributed by atoms with E-state index in [1.807, 2.05) is 0 Å². The first-order chi connectivity index (χ1) is 8.79. The molecule has 3 heteroatoms. The van der Waals surface area contributed by atoms with Crippen LogP contribution in [0.4, 0.5) is 4.39 Å². The van der Waals surface area contributed by atoms with Gasteiger partial charge in [-0.2, -0.15) is 0 Å². The van der Waals surface area contributed by atoms with Gasteiger partial charge in [0.05, 0.1) is 0 Å². The lowest BCUT2D eigenvalue weighted by Crippen LogP contribution is -2.70. The first kappa shape index (κ1) is 12.9. The molecule has 0 aromatic rings. The standard InChI is InChI=1S/C15H27FN2/c16-10-11-18-13-14(6-4-5-7-14)17-12-15(18)8-2-1-3-9-15/h17H,1-13H2. The summed E-state index contributed by atoms with van der Waals surface area (Å²) in [7, 11) is 0. The zero-order chi connectivity index (χ0) is 12.5. The largest absolute Gasteiger partial charge is 0.308 e. The number of hydrogen-bond donors (Lipinski definition) is 1. The Morgan fingerprint density at radius 2 is 1.61 bits per heavy atom. The van der Waals surface area contributed by atoms with Crippen molar-refractivity contribution in [3.63, 3.8) is 0 Å². The van der Waals surface area contributed by atoms with Gasteiger partial charge < -0.3 is 5.32 Å². The Bertz CT molecular complexity index is 280. The fourth-order valence-electron chi connectivity index (χ4n) is 4.56. The summed E-state index contributed by atoms with van der Waals surface area (Å²) in [4.78, 5) is 2.52. The van der Waals surface area contributed by atoms with Crippen molar-refractivity contribution in [1.82, 2.24) is 10.2 Å². The summed E-state index contributed by atoms with van der Waals surface area (Å²) in [6, 6.07) is 0. The zero-order valence-corrected chi connectivity index (χ0v) is 11.5. The molecule has 18 heavy (non-hydrogen) atoms. The molecule has 0 amide bonds. The molecule has 0 bridgehead atoms. The number of nitrogens with zero attached hydrogens (tertiary/aromatic N) is 1. The van der Waals surface area contributed by atoms with E-state index in [1.165, 1.54) is 57.8 Å². The van der Waals surface area contributed by atoms with Gasteiger partial charge in [0, 0.05) is 30.7 Å². The summed E-state index contributed by atoms with van der Waals surface area (Å²) in [6.07, 6.45) is 11.9. The second-order valence-corrected chi connectivity index (χ2v) is 6.74. The molecule has 1 saturated heterocycles. The number of piperazine rings is 1. The molecule has 2 nitrogen and oxygen atoms in total. The lowest BCUT2D eigenvalue weighted by molar-refractivity contribution is -0.0206. The summed E-state index contributed by atoms with van der Waals surface area (Å²) < 4.78 is 12.9. The molecule has 0 unspecified atom stereocenters. The van der Waals surface area contributed by atoms with Crippen molar-refractivity contribution in [1.29, 1.82) is 0 Å². The van der Waals surface area contributed by atoms with Crippen LogP contribution in [0, 0.1) is 0 Å². The van der Waals surface area contributed by atoms with Crippen LogP contribution in [-0.4, -0.2) is 42.3 Å². The van der Waals surface area contributed by atoms with Crippen LogP contribution in [0.3, 0.4) is 0 Å². The van der Waals surface area contributed by atoms with E-state index in [2.05, 4.69) is 10.2 Å². The molecule has 0 aromatic carbocycles. The molecule has 3 fully saturated rings. The van der Waals surface area contributed by atoms with Crippen molar-refractivity contribution < 1.29 is 4.39 Å². The van der Waals surface area contributed by atoms with Crippen LogP contribution in [0.2, 0.25) is 0 Å². The van der Waals surface area contributed by atoms with E-state index < -0.39 is 0 Å². The topological polar surface area (TPSA) is 15.3 Å². The Morgan fingerprint density at radius 3 is 2.28 bits per heavy atom. The Labute approximate surface area is 110 Å². The van der Waals surface area contributed by atoms with Crippen molar-refractivity contribution in [3.8, 4) is 0 Å². The SMILES string of the molecule is FCCN1CC2(CCCC2)NCC12CCCCC2. The van der Waals surface area contributed by atoms with Gasteiger partial charge in [-0.25, -0.2) is 4.39 Å². The highest BCUT2D eigenvalue weighted by Crippen LogP contribution is 2.41. The first-order valence-corrected chi connectivity index (χ1v) is 7.85. The Kier molecular flexibility index (Phi) is 3.63. The maximum Gasteiger partial charge on any atom is 0.102 e. The maximum atomic E-state index is 12.9. The van der Waals surface area contributed by atoms with Crippen molar-refractivity contribution in [2.24, 2.45) is 0 Å². The second-order valence-electron chi connectivity index (χ2n) is 6.74. The third kappa shape index (κ3) is 2.20. The minimum absolute atomic E-state index is 0.183. The molecule has 0 aromatic heterocycles. The fourth-order valence-corrected chi connectivity index (χ4v) is 4.56. The third-order valence-corrected chi connectivity index (χ3v) is 5.66.